The molecule has 0 aliphatic carbocycles. The molecule has 1 aromatic carbocycles. The minimum absolute atomic E-state index is 0.0406. The quantitative estimate of drug-likeness (QED) is 0.481. The van der Waals surface area contributed by atoms with Crippen LogP contribution in [0.4, 0.5) is 0 Å². The molecule has 2 aromatic rings. The van der Waals surface area contributed by atoms with Gasteiger partial charge in [0.15, 0.2) is 0 Å². The van der Waals surface area contributed by atoms with E-state index < -0.39 is 0 Å². The first-order valence-electron chi connectivity index (χ1n) is 10.5. The van der Waals surface area contributed by atoms with Crippen molar-refractivity contribution in [3.63, 3.8) is 0 Å². The Labute approximate surface area is 192 Å². The van der Waals surface area contributed by atoms with Crippen LogP contribution in [0.5, 0.6) is 0 Å². The Morgan fingerprint density at radius 3 is 2.67 bits per heavy atom. The van der Waals surface area contributed by atoms with Gasteiger partial charge in [-0.3, -0.25) is 9.59 Å². The molecule has 1 atom stereocenters. The van der Waals surface area contributed by atoms with Crippen LogP contribution in [0, 0.1) is 0 Å². The second-order valence-electron chi connectivity index (χ2n) is 7.62. The van der Waals surface area contributed by atoms with Crippen LogP contribution in [0.2, 0.25) is 10.0 Å². The fourth-order valence-electron chi connectivity index (χ4n) is 3.95. The summed E-state index contributed by atoms with van der Waals surface area (Å²) in [6, 6.07) is 7.25. The molecule has 0 N–H and O–H groups in total. The van der Waals surface area contributed by atoms with Gasteiger partial charge in [0.05, 0.1) is 12.6 Å². The molecule has 4 nitrogen and oxygen atoms in total. The summed E-state index contributed by atoms with van der Waals surface area (Å²) in [6.07, 6.45) is 3.94. The van der Waals surface area contributed by atoms with Crippen LogP contribution in [0.25, 0.3) is 0 Å². The third kappa shape index (κ3) is 5.19. The Bertz CT molecular complexity index is 899. The number of carbonyl (C=O) groups is 2. The number of rotatable bonds is 8. The van der Waals surface area contributed by atoms with Gasteiger partial charge in [0.2, 0.25) is 11.8 Å². The van der Waals surface area contributed by atoms with E-state index in [0.29, 0.717) is 29.6 Å². The standard InChI is InChI=1S/C23H28Cl2N2O2S/c1-3-5-6-21(28)26(11-4-2)15-22(29)27-12-9-20-18(10-13-30-20)23(27)17-8-7-16(24)14-19(17)25/h7-8,10,13-14,23H,3-6,9,11-12,15H2,1-2H3. The van der Waals surface area contributed by atoms with E-state index in [9.17, 15) is 9.59 Å². The molecular weight excluding hydrogens is 439 g/mol. The van der Waals surface area contributed by atoms with Crippen molar-refractivity contribution in [2.24, 2.45) is 0 Å². The van der Waals surface area contributed by atoms with Crippen LogP contribution in [-0.2, 0) is 16.0 Å². The van der Waals surface area contributed by atoms with Crippen LogP contribution >= 0.6 is 34.5 Å². The minimum Gasteiger partial charge on any atom is -0.333 e. The van der Waals surface area contributed by atoms with Gasteiger partial charge in [0, 0.05) is 34.4 Å². The molecule has 162 valence electrons. The molecule has 30 heavy (non-hydrogen) atoms. The molecule has 1 aliphatic rings. The number of fused-ring (bicyclic) bond motifs is 1. The SMILES string of the molecule is CCCCC(=O)N(CCC)CC(=O)N1CCc2sccc2C1c1ccc(Cl)cc1Cl. The first kappa shape index (κ1) is 23.1. The van der Waals surface area contributed by atoms with Gasteiger partial charge >= 0.3 is 0 Å². The smallest absolute Gasteiger partial charge is 0.242 e. The van der Waals surface area contributed by atoms with Crippen LogP contribution < -0.4 is 0 Å². The highest BCUT2D eigenvalue weighted by molar-refractivity contribution is 7.10. The van der Waals surface area contributed by atoms with Gasteiger partial charge in [-0.05, 0) is 54.0 Å². The second-order valence-corrected chi connectivity index (χ2v) is 9.47. The molecule has 1 unspecified atom stereocenters. The zero-order chi connectivity index (χ0) is 21.7. The van der Waals surface area contributed by atoms with Crippen molar-refractivity contribution in [1.82, 2.24) is 9.80 Å². The fourth-order valence-corrected chi connectivity index (χ4v) is 5.36. The van der Waals surface area contributed by atoms with E-state index in [1.54, 1.807) is 22.3 Å². The number of carbonyl (C=O) groups excluding carboxylic acids is 2. The van der Waals surface area contributed by atoms with Gasteiger partial charge < -0.3 is 9.80 Å². The highest BCUT2D eigenvalue weighted by atomic mass is 35.5. The molecule has 0 fully saturated rings. The van der Waals surface area contributed by atoms with Crippen LogP contribution in [-0.4, -0.2) is 41.2 Å². The number of nitrogens with zero attached hydrogens (tertiary/aromatic N) is 2. The van der Waals surface area contributed by atoms with Crippen LogP contribution in [0.1, 0.15) is 61.6 Å². The molecule has 1 aliphatic heterocycles. The Morgan fingerprint density at radius 2 is 1.97 bits per heavy atom. The molecule has 0 spiro atoms. The summed E-state index contributed by atoms with van der Waals surface area (Å²) in [5, 5.41) is 3.18. The third-order valence-corrected chi connectivity index (χ3v) is 7.02. The lowest BCUT2D eigenvalue weighted by Gasteiger charge is -2.38. The highest BCUT2D eigenvalue weighted by Crippen LogP contribution is 2.41. The summed E-state index contributed by atoms with van der Waals surface area (Å²) in [5.41, 5.74) is 1.98. The molecule has 7 heteroatoms. The molecular formula is C23H28Cl2N2O2S. The summed E-state index contributed by atoms with van der Waals surface area (Å²) in [6.45, 7) is 5.41. The fraction of sp³-hybridized carbons (Fsp3) is 0.478. The predicted molar refractivity (Wildman–Crippen MR) is 124 cm³/mol. The molecule has 0 bridgehead atoms. The van der Waals surface area contributed by atoms with Gasteiger partial charge in [-0.15, -0.1) is 11.3 Å². The van der Waals surface area contributed by atoms with Gasteiger partial charge in [0.1, 0.15) is 0 Å². The first-order chi connectivity index (χ1) is 14.5. The molecule has 3 rings (SSSR count). The van der Waals surface area contributed by atoms with Gasteiger partial charge in [-0.2, -0.15) is 0 Å². The maximum Gasteiger partial charge on any atom is 0.242 e. The molecule has 2 amide bonds. The van der Waals surface area contributed by atoms with Crippen molar-refractivity contribution in [2.45, 2.75) is 52.0 Å². The van der Waals surface area contributed by atoms with Gasteiger partial charge in [-0.25, -0.2) is 0 Å². The topological polar surface area (TPSA) is 40.6 Å². The number of benzene rings is 1. The first-order valence-corrected chi connectivity index (χ1v) is 12.2. The number of amides is 2. The Hall–Kier alpha value is -1.56. The molecule has 2 heterocycles. The van der Waals surface area contributed by atoms with Crippen molar-refractivity contribution in [3.8, 4) is 0 Å². The molecule has 0 saturated heterocycles. The largest absolute Gasteiger partial charge is 0.333 e. The molecule has 0 radical (unpaired) electrons. The summed E-state index contributed by atoms with van der Waals surface area (Å²) in [5.74, 6) is 0.0162. The summed E-state index contributed by atoms with van der Waals surface area (Å²) in [4.78, 5) is 30.9. The Kier molecular flexibility index (Phi) is 8.20. The van der Waals surface area contributed by atoms with Crippen LogP contribution in [0.3, 0.4) is 0 Å². The van der Waals surface area contributed by atoms with E-state index in [4.69, 9.17) is 23.2 Å². The van der Waals surface area contributed by atoms with Crippen molar-refractivity contribution in [2.75, 3.05) is 19.6 Å². The maximum atomic E-state index is 13.4. The zero-order valence-electron chi connectivity index (χ0n) is 17.5. The molecule has 0 saturated carbocycles. The summed E-state index contributed by atoms with van der Waals surface area (Å²) < 4.78 is 0. The average Bonchev–Trinajstić information content (AvgIpc) is 3.20. The van der Waals surface area contributed by atoms with Crippen molar-refractivity contribution < 1.29 is 9.59 Å². The summed E-state index contributed by atoms with van der Waals surface area (Å²) >= 11 is 14.4. The lowest BCUT2D eigenvalue weighted by atomic mass is 9.93. The Morgan fingerprint density at radius 1 is 1.17 bits per heavy atom. The van der Waals surface area contributed by atoms with Gasteiger partial charge in [-0.1, -0.05) is 49.5 Å². The number of unbranched alkanes of at least 4 members (excludes halogenated alkanes) is 1. The van der Waals surface area contributed by atoms with E-state index in [-0.39, 0.29) is 24.4 Å². The van der Waals surface area contributed by atoms with Gasteiger partial charge in [0.25, 0.3) is 0 Å². The van der Waals surface area contributed by atoms with Crippen molar-refractivity contribution >= 4 is 46.4 Å². The van der Waals surface area contributed by atoms with Crippen molar-refractivity contribution in [3.05, 3.63) is 55.7 Å². The number of hydrogen-bond acceptors (Lipinski definition) is 3. The Balaban J connectivity index is 1.88. The van der Waals surface area contributed by atoms with E-state index >= 15 is 0 Å². The maximum absolute atomic E-state index is 13.4. The van der Waals surface area contributed by atoms with E-state index in [2.05, 4.69) is 18.4 Å². The second kappa shape index (κ2) is 10.7. The monoisotopic (exact) mass is 466 g/mol. The third-order valence-electron chi connectivity index (χ3n) is 5.46. The minimum atomic E-state index is -0.258. The highest BCUT2D eigenvalue weighted by Gasteiger charge is 2.34. The van der Waals surface area contributed by atoms with E-state index in [0.717, 1.165) is 36.8 Å². The number of halogens is 2. The predicted octanol–water partition coefficient (Wildman–Crippen LogP) is 5.96. The number of thiophene rings is 1. The zero-order valence-corrected chi connectivity index (χ0v) is 19.8. The van der Waals surface area contributed by atoms with E-state index in [1.807, 2.05) is 24.0 Å². The molecule has 1 aromatic heterocycles. The normalized spacial score (nSPS) is 15.7. The lowest BCUT2D eigenvalue weighted by Crippen LogP contribution is -2.47. The van der Waals surface area contributed by atoms with E-state index in [1.165, 1.54) is 4.88 Å². The van der Waals surface area contributed by atoms with Crippen molar-refractivity contribution in [1.29, 1.82) is 0 Å². The number of hydrogen-bond donors (Lipinski definition) is 0. The summed E-state index contributed by atoms with van der Waals surface area (Å²) in [7, 11) is 0. The average molecular weight is 467 g/mol. The lowest BCUT2D eigenvalue weighted by molar-refractivity contribution is -0.141. The van der Waals surface area contributed by atoms with Crippen LogP contribution in [0.15, 0.2) is 29.6 Å².